The Morgan fingerprint density at radius 3 is 2.79 bits per heavy atom. The molecule has 4 rings (SSSR count). The highest BCUT2D eigenvalue weighted by Crippen LogP contribution is 2.45. The molecule has 0 saturated heterocycles. The molecule has 0 saturated carbocycles. The number of Topliss-reactive ketones (excluding diaryl/α,β-unsaturated/α-hetero) is 1. The highest BCUT2D eigenvalue weighted by molar-refractivity contribution is 7.99. The molecular weight excluding hydrogens is 374 g/mol. The van der Waals surface area contributed by atoms with Crippen LogP contribution in [0.25, 0.3) is 0 Å². The number of thioether (sulfide) groups is 1. The average molecular weight is 395 g/mol. The fourth-order valence-electron chi connectivity index (χ4n) is 3.85. The van der Waals surface area contributed by atoms with Crippen molar-refractivity contribution in [2.45, 2.75) is 23.9 Å². The standard InChI is InChI=1S/C21H21N3O3S/c1-3-11-28-21-23-19-18(20(26)24-21)16(12-7-9-13(27-2)10-8-12)17-14(22-19)5-4-6-15(17)25/h3,5,7-10,16-17H,1,4,6,11H2,2H3,(H2,22,23,24,26)/t16-,17-/m1/s1. The smallest absolute Gasteiger partial charge is 0.257 e. The fraction of sp³-hybridized carbons (Fsp3) is 0.286. The van der Waals surface area contributed by atoms with Gasteiger partial charge < -0.3 is 15.0 Å². The molecule has 0 unspecified atom stereocenters. The van der Waals surface area contributed by atoms with Crippen molar-refractivity contribution in [1.29, 1.82) is 0 Å². The van der Waals surface area contributed by atoms with Crippen LogP contribution in [0, 0.1) is 5.92 Å². The molecule has 6 nitrogen and oxygen atoms in total. The van der Waals surface area contributed by atoms with E-state index in [9.17, 15) is 9.59 Å². The van der Waals surface area contributed by atoms with Crippen molar-refractivity contribution in [3.8, 4) is 5.75 Å². The number of anilines is 1. The predicted molar refractivity (Wildman–Crippen MR) is 110 cm³/mol. The normalized spacial score (nSPS) is 20.5. The van der Waals surface area contributed by atoms with Gasteiger partial charge in [0.15, 0.2) is 5.16 Å². The molecule has 2 aromatic rings. The van der Waals surface area contributed by atoms with Gasteiger partial charge in [-0.2, -0.15) is 0 Å². The van der Waals surface area contributed by atoms with E-state index in [-0.39, 0.29) is 17.3 Å². The second kappa shape index (κ2) is 7.67. The number of benzene rings is 1. The number of aromatic nitrogens is 2. The number of H-pyrrole nitrogens is 1. The summed E-state index contributed by atoms with van der Waals surface area (Å²) >= 11 is 1.41. The monoisotopic (exact) mass is 395 g/mol. The van der Waals surface area contributed by atoms with Gasteiger partial charge in [0.05, 0.1) is 18.6 Å². The maximum Gasteiger partial charge on any atom is 0.257 e. The van der Waals surface area contributed by atoms with E-state index in [0.29, 0.717) is 35.1 Å². The molecule has 2 heterocycles. The molecule has 28 heavy (non-hydrogen) atoms. The van der Waals surface area contributed by atoms with Crippen LogP contribution in [0.3, 0.4) is 0 Å². The number of aromatic amines is 1. The van der Waals surface area contributed by atoms with E-state index in [4.69, 9.17) is 4.74 Å². The van der Waals surface area contributed by atoms with Crippen molar-refractivity contribution < 1.29 is 9.53 Å². The van der Waals surface area contributed by atoms with E-state index >= 15 is 0 Å². The summed E-state index contributed by atoms with van der Waals surface area (Å²) in [5.41, 5.74) is 2.02. The van der Waals surface area contributed by atoms with E-state index in [1.807, 2.05) is 30.3 Å². The zero-order chi connectivity index (χ0) is 19.7. The third-order valence-electron chi connectivity index (χ3n) is 5.09. The summed E-state index contributed by atoms with van der Waals surface area (Å²) in [5, 5.41) is 3.79. The third-order valence-corrected chi connectivity index (χ3v) is 5.96. The summed E-state index contributed by atoms with van der Waals surface area (Å²) < 4.78 is 5.25. The van der Waals surface area contributed by atoms with Crippen LogP contribution in [0.5, 0.6) is 5.75 Å². The number of carbonyl (C=O) groups is 1. The number of fused-ring (bicyclic) bond motifs is 2. The number of allylic oxidation sites excluding steroid dienone is 2. The first-order valence-corrected chi connectivity index (χ1v) is 10.1. The minimum Gasteiger partial charge on any atom is -0.497 e. The predicted octanol–water partition coefficient (Wildman–Crippen LogP) is 3.48. The molecule has 1 aromatic carbocycles. The molecule has 1 aliphatic heterocycles. The lowest BCUT2D eigenvalue weighted by Crippen LogP contribution is -2.38. The highest BCUT2D eigenvalue weighted by Gasteiger charge is 2.42. The number of carbonyl (C=O) groups excluding carboxylic acids is 1. The molecular formula is C21H21N3O3S. The van der Waals surface area contributed by atoms with E-state index < -0.39 is 5.92 Å². The van der Waals surface area contributed by atoms with Gasteiger partial charge in [0.25, 0.3) is 5.56 Å². The largest absolute Gasteiger partial charge is 0.497 e. The Hall–Kier alpha value is -2.80. The molecule has 0 fully saturated rings. The van der Waals surface area contributed by atoms with Crippen molar-refractivity contribution in [3.05, 3.63) is 70.2 Å². The van der Waals surface area contributed by atoms with Crippen LogP contribution in [0.2, 0.25) is 0 Å². The Kier molecular flexibility index (Phi) is 5.09. The van der Waals surface area contributed by atoms with Crippen LogP contribution in [-0.4, -0.2) is 28.6 Å². The highest BCUT2D eigenvalue weighted by atomic mass is 32.2. The molecule has 1 aromatic heterocycles. The zero-order valence-electron chi connectivity index (χ0n) is 15.5. The number of ketones is 1. The number of methoxy groups -OCH3 is 1. The van der Waals surface area contributed by atoms with Crippen LogP contribution in [0.15, 0.2) is 58.6 Å². The molecule has 2 N–H and O–H groups in total. The van der Waals surface area contributed by atoms with E-state index in [1.54, 1.807) is 13.2 Å². The molecule has 2 aliphatic rings. The van der Waals surface area contributed by atoms with Gasteiger partial charge in [0.1, 0.15) is 17.4 Å². The van der Waals surface area contributed by atoms with Gasteiger partial charge in [-0.3, -0.25) is 9.59 Å². The fourth-order valence-corrected chi connectivity index (χ4v) is 4.44. The summed E-state index contributed by atoms with van der Waals surface area (Å²) in [6.07, 6.45) is 4.99. The van der Waals surface area contributed by atoms with Crippen LogP contribution < -0.4 is 15.6 Å². The number of rotatable bonds is 5. The van der Waals surface area contributed by atoms with Gasteiger partial charge in [0.2, 0.25) is 0 Å². The van der Waals surface area contributed by atoms with Gasteiger partial charge in [-0.05, 0) is 24.1 Å². The molecule has 0 spiro atoms. The summed E-state index contributed by atoms with van der Waals surface area (Å²) in [4.78, 5) is 33.3. The first kappa shape index (κ1) is 18.6. The van der Waals surface area contributed by atoms with Crippen molar-refractivity contribution in [2.75, 3.05) is 18.2 Å². The zero-order valence-corrected chi connectivity index (χ0v) is 16.3. The SMILES string of the molecule is C=CCSc1nc2c(c(=O)[nH]1)[C@H](c1ccc(OC)cc1)[C@H]1C(=O)CCC=C1N2. The maximum absolute atomic E-state index is 13.0. The average Bonchev–Trinajstić information content (AvgIpc) is 2.71. The molecule has 0 radical (unpaired) electrons. The molecule has 144 valence electrons. The number of hydrogen-bond donors (Lipinski definition) is 2. The Labute approximate surface area is 167 Å². The van der Waals surface area contributed by atoms with Gasteiger partial charge in [-0.25, -0.2) is 4.98 Å². The molecule has 7 heteroatoms. The Bertz CT molecular complexity index is 1010. The minimum absolute atomic E-state index is 0.140. The number of hydrogen-bond acceptors (Lipinski definition) is 6. The molecule has 1 aliphatic carbocycles. The Balaban J connectivity index is 1.87. The minimum atomic E-state index is -0.399. The lowest BCUT2D eigenvalue weighted by molar-refractivity contribution is -0.122. The summed E-state index contributed by atoms with van der Waals surface area (Å²) in [6.45, 7) is 3.70. The van der Waals surface area contributed by atoms with Crippen molar-refractivity contribution >= 4 is 23.4 Å². The Morgan fingerprint density at radius 2 is 2.07 bits per heavy atom. The number of nitrogens with one attached hydrogen (secondary N) is 2. The van der Waals surface area contributed by atoms with Gasteiger partial charge in [-0.15, -0.1) is 6.58 Å². The first-order valence-electron chi connectivity index (χ1n) is 9.14. The van der Waals surface area contributed by atoms with Crippen molar-refractivity contribution in [2.24, 2.45) is 5.92 Å². The van der Waals surface area contributed by atoms with Gasteiger partial charge in [-0.1, -0.05) is 36.0 Å². The molecule has 0 bridgehead atoms. The molecule has 0 amide bonds. The summed E-state index contributed by atoms with van der Waals surface area (Å²) in [5.74, 6) is 1.26. The van der Waals surface area contributed by atoms with Crippen molar-refractivity contribution in [1.82, 2.24) is 9.97 Å². The second-order valence-corrected chi connectivity index (χ2v) is 7.76. The Morgan fingerprint density at radius 1 is 1.29 bits per heavy atom. The van der Waals surface area contributed by atoms with Gasteiger partial charge in [0, 0.05) is 23.8 Å². The second-order valence-electron chi connectivity index (χ2n) is 6.75. The quantitative estimate of drug-likeness (QED) is 0.458. The lowest BCUT2D eigenvalue weighted by atomic mass is 9.72. The topological polar surface area (TPSA) is 84.1 Å². The molecule has 2 atom stereocenters. The lowest BCUT2D eigenvalue weighted by Gasteiger charge is -2.36. The van der Waals surface area contributed by atoms with Crippen LogP contribution in [0.1, 0.15) is 29.9 Å². The number of ether oxygens (including phenoxy) is 1. The third kappa shape index (κ3) is 3.26. The van der Waals surface area contributed by atoms with Gasteiger partial charge >= 0.3 is 0 Å². The summed E-state index contributed by atoms with van der Waals surface area (Å²) in [7, 11) is 1.61. The van der Waals surface area contributed by atoms with Crippen molar-refractivity contribution in [3.63, 3.8) is 0 Å². The maximum atomic E-state index is 13.0. The van der Waals surface area contributed by atoms with Crippen LogP contribution in [-0.2, 0) is 4.79 Å². The van der Waals surface area contributed by atoms with E-state index in [0.717, 1.165) is 17.0 Å². The van der Waals surface area contributed by atoms with E-state index in [2.05, 4.69) is 21.9 Å². The van der Waals surface area contributed by atoms with Crippen LogP contribution >= 0.6 is 11.8 Å². The van der Waals surface area contributed by atoms with Crippen LogP contribution in [0.4, 0.5) is 5.82 Å². The van der Waals surface area contributed by atoms with E-state index in [1.165, 1.54) is 11.8 Å². The first-order chi connectivity index (χ1) is 13.6. The number of nitrogens with zero attached hydrogens (tertiary/aromatic N) is 1. The summed E-state index contributed by atoms with van der Waals surface area (Å²) in [6, 6.07) is 7.53.